The highest BCUT2D eigenvalue weighted by atomic mass is 35.5. The van der Waals surface area contributed by atoms with Crippen molar-refractivity contribution >= 4 is 17.5 Å². The number of carbonyl (C=O) groups is 1. The van der Waals surface area contributed by atoms with E-state index in [-0.39, 0.29) is 5.91 Å². The van der Waals surface area contributed by atoms with Gasteiger partial charge in [0.15, 0.2) is 0 Å². The van der Waals surface area contributed by atoms with Crippen LogP contribution in [0.4, 0.5) is 0 Å². The predicted molar refractivity (Wildman–Crippen MR) is 83.1 cm³/mol. The summed E-state index contributed by atoms with van der Waals surface area (Å²) >= 11 is 6.12. The molecular formula is C16H23ClN2O. The first-order valence-corrected chi connectivity index (χ1v) is 7.74. The van der Waals surface area contributed by atoms with Gasteiger partial charge in [-0.05, 0) is 57.2 Å². The van der Waals surface area contributed by atoms with E-state index in [4.69, 9.17) is 17.3 Å². The van der Waals surface area contributed by atoms with Gasteiger partial charge in [-0.1, -0.05) is 17.7 Å². The van der Waals surface area contributed by atoms with Crippen molar-refractivity contribution in [3.63, 3.8) is 0 Å². The van der Waals surface area contributed by atoms with Gasteiger partial charge >= 0.3 is 0 Å². The van der Waals surface area contributed by atoms with Crippen LogP contribution in [0.2, 0.25) is 5.02 Å². The molecular weight excluding hydrogens is 272 g/mol. The smallest absolute Gasteiger partial charge is 0.254 e. The number of halogens is 1. The molecule has 0 radical (unpaired) electrons. The maximum absolute atomic E-state index is 12.8. The topological polar surface area (TPSA) is 46.3 Å². The highest BCUT2D eigenvalue weighted by Crippen LogP contribution is 2.26. The molecule has 1 saturated carbocycles. The van der Waals surface area contributed by atoms with E-state index in [1.165, 1.54) is 0 Å². The molecule has 1 aromatic carbocycles. The summed E-state index contributed by atoms with van der Waals surface area (Å²) in [5, 5.41) is 0.651. The molecule has 0 heterocycles. The van der Waals surface area contributed by atoms with E-state index < -0.39 is 0 Å². The number of amides is 1. The van der Waals surface area contributed by atoms with Gasteiger partial charge < -0.3 is 10.6 Å². The van der Waals surface area contributed by atoms with E-state index in [1.54, 1.807) is 0 Å². The summed E-state index contributed by atoms with van der Waals surface area (Å²) in [6.07, 6.45) is 4.01. The summed E-state index contributed by atoms with van der Waals surface area (Å²) in [4.78, 5) is 14.7. The molecule has 0 aromatic heterocycles. The van der Waals surface area contributed by atoms with E-state index in [1.807, 2.05) is 36.9 Å². The van der Waals surface area contributed by atoms with Gasteiger partial charge in [0.25, 0.3) is 5.91 Å². The first-order valence-electron chi connectivity index (χ1n) is 7.36. The molecule has 20 heavy (non-hydrogen) atoms. The van der Waals surface area contributed by atoms with Crippen LogP contribution in [0.3, 0.4) is 0 Å². The van der Waals surface area contributed by atoms with Crippen LogP contribution >= 0.6 is 11.6 Å². The van der Waals surface area contributed by atoms with Crippen LogP contribution in [0, 0.1) is 6.92 Å². The molecule has 1 aliphatic rings. The van der Waals surface area contributed by atoms with Crippen molar-refractivity contribution in [2.75, 3.05) is 6.54 Å². The van der Waals surface area contributed by atoms with Crippen LogP contribution in [-0.4, -0.2) is 29.4 Å². The summed E-state index contributed by atoms with van der Waals surface area (Å²) in [7, 11) is 0. The van der Waals surface area contributed by atoms with Crippen molar-refractivity contribution in [2.24, 2.45) is 5.73 Å². The standard InChI is InChI=1S/C16H23ClN2O/c1-3-19(13-9-7-12(18)8-10-13)16(20)14-5-4-6-15(17)11(14)2/h4-6,12-13H,3,7-10,18H2,1-2H3. The number of rotatable bonds is 3. The molecule has 1 aromatic rings. The van der Waals surface area contributed by atoms with Gasteiger partial charge in [-0.3, -0.25) is 4.79 Å². The van der Waals surface area contributed by atoms with E-state index in [2.05, 4.69) is 0 Å². The Morgan fingerprint density at radius 1 is 1.35 bits per heavy atom. The van der Waals surface area contributed by atoms with Crippen molar-refractivity contribution in [1.82, 2.24) is 4.90 Å². The molecule has 0 unspecified atom stereocenters. The Bertz CT molecular complexity index is 481. The minimum absolute atomic E-state index is 0.0907. The Labute approximate surface area is 126 Å². The molecule has 0 spiro atoms. The fourth-order valence-corrected chi connectivity index (χ4v) is 3.15. The first kappa shape index (κ1) is 15.3. The maximum atomic E-state index is 12.8. The molecule has 0 atom stereocenters. The van der Waals surface area contributed by atoms with Crippen LogP contribution in [0.5, 0.6) is 0 Å². The van der Waals surface area contributed by atoms with Gasteiger partial charge in [0.05, 0.1) is 0 Å². The number of nitrogens with zero attached hydrogens (tertiary/aromatic N) is 1. The Kier molecular flexibility index (Phi) is 5.06. The highest BCUT2D eigenvalue weighted by molar-refractivity contribution is 6.31. The van der Waals surface area contributed by atoms with Gasteiger partial charge in [0, 0.05) is 29.2 Å². The van der Waals surface area contributed by atoms with Crippen molar-refractivity contribution in [2.45, 2.75) is 51.6 Å². The second kappa shape index (κ2) is 6.59. The van der Waals surface area contributed by atoms with Crippen molar-refractivity contribution < 1.29 is 4.79 Å². The lowest BCUT2D eigenvalue weighted by Crippen LogP contribution is -2.44. The molecule has 1 aliphatic carbocycles. The Balaban J connectivity index is 2.19. The van der Waals surface area contributed by atoms with Gasteiger partial charge in [0.2, 0.25) is 0 Å². The van der Waals surface area contributed by atoms with Crippen LogP contribution < -0.4 is 5.73 Å². The second-order valence-corrected chi connectivity index (χ2v) is 5.98. The van der Waals surface area contributed by atoms with Crippen LogP contribution in [0.15, 0.2) is 18.2 Å². The highest BCUT2D eigenvalue weighted by Gasteiger charge is 2.28. The third-order valence-corrected chi connectivity index (χ3v) is 4.69. The minimum Gasteiger partial charge on any atom is -0.336 e. The largest absolute Gasteiger partial charge is 0.336 e. The van der Waals surface area contributed by atoms with E-state index in [0.29, 0.717) is 22.7 Å². The Morgan fingerprint density at radius 2 is 2.00 bits per heavy atom. The fraction of sp³-hybridized carbons (Fsp3) is 0.562. The normalized spacial score (nSPS) is 22.6. The van der Waals surface area contributed by atoms with Crippen LogP contribution in [0.1, 0.15) is 48.5 Å². The summed E-state index contributed by atoms with van der Waals surface area (Å²) in [6, 6.07) is 6.14. The van der Waals surface area contributed by atoms with E-state index in [0.717, 1.165) is 37.8 Å². The second-order valence-electron chi connectivity index (χ2n) is 5.57. The molecule has 4 heteroatoms. The van der Waals surface area contributed by atoms with Gasteiger partial charge in [-0.2, -0.15) is 0 Å². The molecule has 3 nitrogen and oxygen atoms in total. The zero-order valence-electron chi connectivity index (χ0n) is 12.2. The average Bonchev–Trinajstić information content (AvgIpc) is 2.44. The first-order chi connectivity index (χ1) is 9.54. The molecule has 0 bridgehead atoms. The minimum atomic E-state index is 0.0907. The van der Waals surface area contributed by atoms with Gasteiger partial charge in [0.1, 0.15) is 0 Å². The zero-order valence-corrected chi connectivity index (χ0v) is 13.0. The quantitative estimate of drug-likeness (QED) is 0.929. The molecule has 0 aliphatic heterocycles. The fourth-order valence-electron chi connectivity index (χ4n) is 2.97. The average molecular weight is 295 g/mol. The number of hydrogen-bond donors (Lipinski definition) is 1. The SMILES string of the molecule is CCN(C(=O)c1cccc(Cl)c1C)C1CCC(N)CC1. The molecule has 2 rings (SSSR count). The number of benzene rings is 1. The Hall–Kier alpha value is -1.06. The molecule has 0 saturated heterocycles. The van der Waals surface area contributed by atoms with Crippen molar-refractivity contribution in [3.8, 4) is 0 Å². The Morgan fingerprint density at radius 3 is 2.60 bits per heavy atom. The third kappa shape index (κ3) is 3.15. The lowest BCUT2D eigenvalue weighted by atomic mass is 9.90. The number of nitrogens with two attached hydrogens (primary N) is 1. The van der Waals surface area contributed by atoms with Gasteiger partial charge in [-0.15, -0.1) is 0 Å². The van der Waals surface area contributed by atoms with Crippen molar-refractivity contribution in [1.29, 1.82) is 0 Å². The molecule has 2 N–H and O–H groups in total. The number of hydrogen-bond acceptors (Lipinski definition) is 2. The summed E-state index contributed by atoms with van der Waals surface area (Å²) in [6.45, 7) is 4.66. The molecule has 110 valence electrons. The third-order valence-electron chi connectivity index (χ3n) is 4.28. The number of carbonyl (C=O) groups excluding carboxylic acids is 1. The van der Waals surface area contributed by atoms with Crippen LogP contribution in [0.25, 0.3) is 0 Å². The monoisotopic (exact) mass is 294 g/mol. The van der Waals surface area contributed by atoms with E-state index >= 15 is 0 Å². The van der Waals surface area contributed by atoms with Crippen LogP contribution in [-0.2, 0) is 0 Å². The summed E-state index contributed by atoms with van der Waals surface area (Å²) in [5.74, 6) is 0.0907. The summed E-state index contributed by atoms with van der Waals surface area (Å²) < 4.78 is 0. The lowest BCUT2D eigenvalue weighted by molar-refractivity contribution is 0.0640. The molecule has 1 amide bonds. The van der Waals surface area contributed by atoms with Gasteiger partial charge in [-0.25, -0.2) is 0 Å². The van der Waals surface area contributed by atoms with E-state index in [9.17, 15) is 4.79 Å². The maximum Gasteiger partial charge on any atom is 0.254 e. The van der Waals surface area contributed by atoms with Crippen molar-refractivity contribution in [3.05, 3.63) is 34.3 Å². The molecule has 1 fully saturated rings. The zero-order chi connectivity index (χ0) is 14.7. The summed E-state index contributed by atoms with van der Waals surface area (Å²) in [5.41, 5.74) is 7.53. The predicted octanol–water partition coefficient (Wildman–Crippen LogP) is 3.38. The lowest BCUT2D eigenvalue weighted by Gasteiger charge is -2.35.